The summed E-state index contributed by atoms with van der Waals surface area (Å²) < 4.78 is 18.5. The lowest BCUT2D eigenvalue weighted by molar-refractivity contribution is -0.145. The van der Waals surface area contributed by atoms with Crippen LogP contribution in [-0.4, -0.2) is 68.8 Å². The van der Waals surface area contributed by atoms with E-state index in [1.54, 1.807) is 36.4 Å². The van der Waals surface area contributed by atoms with Gasteiger partial charge in [0, 0.05) is 19.9 Å². The number of benzene rings is 1. The molecule has 2 aromatic heterocycles. The first-order chi connectivity index (χ1) is 18.6. The Hall–Kier alpha value is -4.03. The molecule has 3 aromatic rings. The standard InChI is InChI=1S/C27H34N6O6/c1-18(34)39-21-12-13-32(14-21)26(36)38-16-20-10-7-11-23-30-31-24(33(20)23)22(29-25(35)27(2,3)28)17-37-15-19-8-5-4-6-9-19/h4-11,21-22H,12-17,28H2,1-3H3,(H,29,35)/t21-,22+/m0/s1. The predicted molar refractivity (Wildman–Crippen MR) is 140 cm³/mol. The average Bonchev–Trinajstić information content (AvgIpc) is 3.54. The number of pyridine rings is 1. The monoisotopic (exact) mass is 538 g/mol. The van der Waals surface area contributed by atoms with E-state index in [0.29, 0.717) is 36.7 Å². The summed E-state index contributed by atoms with van der Waals surface area (Å²) in [7, 11) is 0. The van der Waals surface area contributed by atoms with Crippen molar-refractivity contribution in [2.75, 3.05) is 19.7 Å². The van der Waals surface area contributed by atoms with Gasteiger partial charge >= 0.3 is 12.1 Å². The molecule has 1 aliphatic rings. The molecule has 0 radical (unpaired) electrons. The largest absolute Gasteiger partial charge is 0.461 e. The van der Waals surface area contributed by atoms with Gasteiger partial charge in [0.2, 0.25) is 5.91 Å². The molecule has 12 nitrogen and oxygen atoms in total. The zero-order chi connectivity index (χ0) is 28.0. The molecule has 1 fully saturated rings. The number of carbonyl (C=O) groups excluding carboxylic acids is 3. The van der Waals surface area contributed by atoms with Crippen molar-refractivity contribution in [1.29, 1.82) is 0 Å². The lowest BCUT2D eigenvalue weighted by Gasteiger charge is -2.24. The molecule has 1 saturated heterocycles. The summed E-state index contributed by atoms with van der Waals surface area (Å²) >= 11 is 0. The van der Waals surface area contributed by atoms with E-state index in [4.69, 9.17) is 19.9 Å². The van der Waals surface area contributed by atoms with Crippen molar-refractivity contribution in [3.63, 3.8) is 0 Å². The third-order valence-electron chi connectivity index (χ3n) is 6.21. The molecule has 208 valence electrons. The Labute approximate surface area is 226 Å². The maximum atomic E-state index is 12.8. The summed E-state index contributed by atoms with van der Waals surface area (Å²) in [6, 6.07) is 14.3. The molecular weight excluding hydrogens is 504 g/mol. The Morgan fingerprint density at radius 1 is 1.10 bits per heavy atom. The van der Waals surface area contributed by atoms with E-state index in [0.717, 1.165) is 5.56 Å². The number of carbonyl (C=O) groups is 3. The van der Waals surface area contributed by atoms with Crippen LogP contribution in [-0.2, 0) is 37.0 Å². The van der Waals surface area contributed by atoms with Crippen LogP contribution in [0.2, 0.25) is 0 Å². The summed E-state index contributed by atoms with van der Waals surface area (Å²) in [5, 5.41) is 11.5. The molecule has 12 heteroatoms. The molecule has 3 N–H and O–H groups in total. The molecule has 2 atom stereocenters. The number of nitrogens with one attached hydrogen (secondary N) is 1. The smallest absolute Gasteiger partial charge is 0.410 e. The first kappa shape index (κ1) is 28.0. The van der Waals surface area contributed by atoms with Crippen LogP contribution >= 0.6 is 0 Å². The number of likely N-dealkylation sites (tertiary alicyclic amines) is 1. The fourth-order valence-electron chi connectivity index (χ4n) is 4.22. The van der Waals surface area contributed by atoms with Crippen LogP contribution in [0.3, 0.4) is 0 Å². The number of nitrogens with two attached hydrogens (primary N) is 1. The van der Waals surface area contributed by atoms with Gasteiger partial charge in [0.05, 0.1) is 31.0 Å². The predicted octanol–water partition coefficient (Wildman–Crippen LogP) is 2.11. The second kappa shape index (κ2) is 12.2. The molecule has 0 unspecified atom stereocenters. The van der Waals surface area contributed by atoms with Crippen molar-refractivity contribution in [3.05, 3.63) is 65.6 Å². The van der Waals surface area contributed by atoms with Crippen LogP contribution in [0.4, 0.5) is 4.79 Å². The van der Waals surface area contributed by atoms with Crippen LogP contribution in [0.1, 0.15) is 50.3 Å². The van der Waals surface area contributed by atoms with Crippen LogP contribution in [0.15, 0.2) is 48.5 Å². The summed E-state index contributed by atoms with van der Waals surface area (Å²) in [5.41, 5.74) is 7.01. The third-order valence-corrected chi connectivity index (χ3v) is 6.21. The van der Waals surface area contributed by atoms with Crippen molar-refractivity contribution in [2.24, 2.45) is 5.73 Å². The van der Waals surface area contributed by atoms with Gasteiger partial charge in [-0.1, -0.05) is 36.4 Å². The topological polar surface area (TPSA) is 150 Å². The van der Waals surface area contributed by atoms with Crippen LogP contribution < -0.4 is 11.1 Å². The van der Waals surface area contributed by atoms with Gasteiger partial charge in [-0.3, -0.25) is 14.0 Å². The van der Waals surface area contributed by atoms with Crippen LogP contribution in [0.25, 0.3) is 5.65 Å². The molecule has 3 heterocycles. The molecule has 1 aliphatic heterocycles. The van der Waals surface area contributed by atoms with Crippen LogP contribution in [0, 0.1) is 0 Å². The zero-order valence-corrected chi connectivity index (χ0v) is 22.3. The summed E-state index contributed by atoms with van der Waals surface area (Å²) in [5.74, 6) is -0.347. The molecular formula is C27H34N6O6. The zero-order valence-electron chi connectivity index (χ0n) is 22.3. The normalized spacial score (nSPS) is 16.2. The molecule has 2 amide bonds. The number of ether oxygens (including phenoxy) is 3. The minimum Gasteiger partial charge on any atom is -0.461 e. The molecule has 0 aliphatic carbocycles. The number of amides is 2. The Kier molecular flexibility index (Phi) is 8.77. The second-order valence-corrected chi connectivity index (χ2v) is 10.0. The highest BCUT2D eigenvalue weighted by Crippen LogP contribution is 2.20. The van der Waals surface area contributed by atoms with Gasteiger partial charge < -0.3 is 30.2 Å². The minimum absolute atomic E-state index is 0.0656. The number of aromatic nitrogens is 3. The molecule has 4 rings (SSSR count). The van der Waals surface area contributed by atoms with Gasteiger partial charge in [0.25, 0.3) is 0 Å². The number of rotatable bonds is 10. The highest BCUT2D eigenvalue weighted by atomic mass is 16.6. The fourth-order valence-corrected chi connectivity index (χ4v) is 4.22. The summed E-state index contributed by atoms with van der Waals surface area (Å²) in [4.78, 5) is 38.3. The van der Waals surface area contributed by atoms with E-state index < -0.39 is 17.7 Å². The van der Waals surface area contributed by atoms with Crippen molar-refractivity contribution >= 4 is 23.6 Å². The van der Waals surface area contributed by atoms with Crippen molar-refractivity contribution in [1.82, 2.24) is 24.8 Å². The van der Waals surface area contributed by atoms with Gasteiger partial charge in [-0.25, -0.2) is 4.79 Å². The number of nitrogens with zero attached hydrogens (tertiary/aromatic N) is 4. The van der Waals surface area contributed by atoms with Crippen molar-refractivity contribution in [2.45, 2.75) is 58.1 Å². The first-order valence-electron chi connectivity index (χ1n) is 12.7. The quantitative estimate of drug-likeness (QED) is 0.370. The number of esters is 1. The third kappa shape index (κ3) is 7.30. The average molecular weight is 539 g/mol. The van der Waals surface area contributed by atoms with E-state index in [9.17, 15) is 14.4 Å². The van der Waals surface area contributed by atoms with Gasteiger partial charge in [0.15, 0.2) is 11.5 Å². The molecule has 1 aromatic carbocycles. The Bertz CT molecular complexity index is 1310. The number of hydrogen-bond acceptors (Lipinski definition) is 9. The lowest BCUT2D eigenvalue weighted by Crippen LogP contribution is -2.51. The van der Waals surface area contributed by atoms with E-state index in [1.165, 1.54) is 11.8 Å². The van der Waals surface area contributed by atoms with Gasteiger partial charge in [-0.05, 0) is 31.5 Å². The lowest BCUT2D eigenvalue weighted by atomic mass is 10.1. The Morgan fingerprint density at radius 3 is 2.59 bits per heavy atom. The van der Waals surface area contributed by atoms with E-state index in [1.807, 2.05) is 30.3 Å². The summed E-state index contributed by atoms with van der Waals surface area (Å²) in [6.07, 6.45) is -0.297. The van der Waals surface area contributed by atoms with Gasteiger partial charge in [0.1, 0.15) is 18.8 Å². The maximum absolute atomic E-state index is 12.8. The van der Waals surface area contributed by atoms with Crippen molar-refractivity contribution < 1.29 is 28.6 Å². The first-order valence-corrected chi connectivity index (χ1v) is 12.7. The molecule has 39 heavy (non-hydrogen) atoms. The van der Waals surface area contributed by atoms with Gasteiger partial charge in [-0.2, -0.15) is 0 Å². The SMILES string of the molecule is CC(=O)O[C@H]1CCN(C(=O)OCc2cccc3nnc([C@@H](COCc4ccccc4)NC(=O)C(C)(C)N)n23)C1. The Morgan fingerprint density at radius 2 is 1.87 bits per heavy atom. The van der Waals surface area contributed by atoms with E-state index >= 15 is 0 Å². The van der Waals surface area contributed by atoms with E-state index in [-0.39, 0.29) is 37.7 Å². The molecule has 0 saturated carbocycles. The van der Waals surface area contributed by atoms with E-state index in [2.05, 4.69) is 15.5 Å². The van der Waals surface area contributed by atoms with Gasteiger partial charge in [-0.15, -0.1) is 10.2 Å². The second-order valence-electron chi connectivity index (χ2n) is 10.0. The number of fused-ring (bicyclic) bond motifs is 1. The van der Waals surface area contributed by atoms with Crippen LogP contribution in [0.5, 0.6) is 0 Å². The number of hydrogen-bond donors (Lipinski definition) is 2. The minimum atomic E-state index is -1.13. The highest BCUT2D eigenvalue weighted by molar-refractivity contribution is 5.85. The Balaban J connectivity index is 1.51. The molecule has 0 spiro atoms. The highest BCUT2D eigenvalue weighted by Gasteiger charge is 2.30. The fraction of sp³-hybridized carbons (Fsp3) is 0.444. The van der Waals surface area contributed by atoms with Crippen molar-refractivity contribution in [3.8, 4) is 0 Å². The maximum Gasteiger partial charge on any atom is 0.410 e. The molecule has 0 bridgehead atoms. The summed E-state index contributed by atoms with van der Waals surface area (Å²) in [6.45, 7) is 5.66.